The first-order chi connectivity index (χ1) is 11.4. The van der Waals surface area contributed by atoms with Gasteiger partial charge < -0.3 is 9.80 Å². The molecule has 0 unspecified atom stereocenters. The number of rotatable bonds is 4. The van der Waals surface area contributed by atoms with E-state index in [2.05, 4.69) is 9.88 Å². The van der Waals surface area contributed by atoms with Crippen molar-refractivity contribution in [1.82, 2.24) is 19.7 Å². The quantitative estimate of drug-likeness (QED) is 0.818. The maximum Gasteiger partial charge on any atom is 0.241 e. The first-order valence-corrected chi connectivity index (χ1v) is 8.58. The molecule has 2 aliphatic heterocycles. The Kier molecular flexibility index (Phi) is 4.85. The lowest BCUT2D eigenvalue weighted by Crippen LogP contribution is -2.49. The molecule has 6 heteroatoms. The highest BCUT2D eigenvalue weighted by molar-refractivity contribution is 5.86. The highest BCUT2D eigenvalue weighted by atomic mass is 16.2. The number of nitrogens with zero attached hydrogens (tertiary/aromatic N) is 4. The van der Waals surface area contributed by atoms with Crippen molar-refractivity contribution in [1.29, 1.82) is 0 Å². The van der Waals surface area contributed by atoms with Gasteiger partial charge in [-0.25, -0.2) is 0 Å². The van der Waals surface area contributed by atoms with E-state index in [-0.39, 0.29) is 24.3 Å². The predicted molar refractivity (Wildman–Crippen MR) is 91.1 cm³/mol. The van der Waals surface area contributed by atoms with Crippen molar-refractivity contribution in [2.45, 2.75) is 19.9 Å². The molecule has 0 spiro atoms. The van der Waals surface area contributed by atoms with Gasteiger partial charge in [0.15, 0.2) is 0 Å². The molecule has 2 aliphatic rings. The van der Waals surface area contributed by atoms with Gasteiger partial charge in [0.2, 0.25) is 11.8 Å². The third-order valence-corrected chi connectivity index (χ3v) is 5.07. The molecule has 130 valence electrons. The fourth-order valence-electron chi connectivity index (χ4n) is 3.71. The Balaban J connectivity index is 1.61. The number of fused-ring (bicyclic) bond motifs is 1. The van der Waals surface area contributed by atoms with Crippen molar-refractivity contribution in [2.75, 3.05) is 40.3 Å². The normalized spacial score (nSPS) is 24.1. The zero-order valence-corrected chi connectivity index (χ0v) is 14.7. The third kappa shape index (κ3) is 3.59. The smallest absolute Gasteiger partial charge is 0.241 e. The van der Waals surface area contributed by atoms with Crippen LogP contribution in [0.1, 0.15) is 17.8 Å². The Hall–Kier alpha value is -1.95. The van der Waals surface area contributed by atoms with Crippen molar-refractivity contribution in [3.8, 4) is 0 Å². The largest absolute Gasteiger partial charge is 0.347 e. The van der Waals surface area contributed by atoms with Crippen LogP contribution in [0.15, 0.2) is 18.2 Å². The summed E-state index contributed by atoms with van der Waals surface area (Å²) in [4.78, 5) is 34.8. The third-order valence-electron chi connectivity index (χ3n) is 5.07. The molecule has 0 aliphatic carbocycles. The summed E-state index contributed by atoms with van der Waals surface area (Å²) in [5, 5.41) is 0. The minimum atomic E-state index is -0.0133. The van der Waals surface area contributed by atoms with Gasteiger partial charge >= 0.3 is 0 Å². The molecule has 2 fully saturated rings. The zero-order valence-electron chi connectivity index (χ0n) is 14.7. The van der Waals surface area contributed by atoms with Crippen LogP contribution in [-0.2, 0) is 16.1 Å². The van der Waals surface area contributed by atoms with Gasteiger partial charge in [-0.1, -0.05) is 6.07 Å². The van der Waals surface area contributed by atoms with Gasteiger partial charge in [0.25, 0.3) is 0 Å². The van der Waals surface area contributed by atoms with Crippen LogP contribution in [0, 0.1) is 18.8 Å². The minimum Gasteiger partial charge on any atom is -0.347 e. The van der Waals surface area contributed by atoms with Gasteiger partial charge in [0, 0.05) is 46.0 Å². The number of hydrogen-bond donors (Lipinski definition) is 0. The van der Waals surface area contributed by atoms with Gasteiger partial charge in [0.05, 0.1) is 18.2 Å². The lowest BCUT2D eigenvalue weighted by molar-refractivity contribution is -0.145. The molecular formula is C18H26N4O2. The van der Waals surface area contributed by atoms with E-state index in [1.165, 1.54) is 0 Å². The number of amides is 2. The summed E-state index contributed by atoms with van der Waals surface area (Å²) in [6.45, 7) is 5.40. The summed E-state index contributed by atoms with van der Waals surface area (Å²) in [5.74, 6) is 0.563. The summed E-state index contributed by atoms with van der Waals surface area (Å²) in [6.07, 6.45) is 0.981. The fraction of sp³-hybridized carbons (Fsp3) is 0.611. The number of aromatic nitrogens is 1. The van der Waals surface area contributed by atoms with E-state index in [1.54, 1.807) is 23.9 Å². The molecule has 1 aromatic heterocycles. The van der Waals surface area contributed by atoms with Crippen molar-refractivity contribution >= 4 is 11.8 Å². The SMILES string of the molecule is Cc1cccc(CN2C[C@H]3CCN(CC(=O)N(C)C)C(=O)[C@@H]3C2)n1. The molecule has 3 heterocycles. The number of piperidine rings is 1. The van der Waals surface area contributed by atoms with E-state index < -0.39 is 0 Å². The Morgan fingerprint density at radius 2 is 2.12 bits per heavy atom. The second-order valence-corrected chi connectivity index (χ2v) is 7.17. The topological polar surface area (TPSA) is 56.8 Å². The number of likely N-dealkylation sites (tertiary alicyclic amines) is 2. The Morgan fingerprint density at radius 1 is 1.33 bits per heavy atom. The molecule has 2 saturated heterocycles. The Morgan fingerprint density at radius 3 is 2.83 bits per heavy atom. The van der Waals surface area contributed by atoms with Gasteiger partial charge in [-0.3, -0.25) is 19.5 Å². The van der Waals surface area contributed by atoms with E-state index >= 15 is 0 Å². The molecule has 2 amide bonds. The zero-order chi connectivity index (χ0) is 17.3. The maximum atomic E-state index is 12.7. The number of carbonyl (C=O) groups is 2. The molecule has 2 atom stereocenters. The Bertz CT molecular complexity index is 631. The van der Waals surface area contributed by atoms with Crippen molar-refractivity contribution < 1.29 is 9.59 Å². The van der Waals surface area contributed by atoms with Crippen LogP contribution in [0.4, 0.5) is 0 Å². The number of carbonyl (C=O) groups excluding carboxylic acids is 2. The molecule has 0 aromatic carbocycles. The average molecular weight is 330 g/mol. The van der Waals surface area contributed by atoms with Gasteiger partial charge in [-0.2, -0.15) is 0 Å². The molecule has 0 radical (unpaired) electrons. The summed E-state index contributed by atoms with van der Waals surface area (Å²) in [6, 6.07) is 6.07. The molecule has 24 heavy (non-hydrogen) atoms. The van der Waals surface area contributed by atoms with E-state index in [1.807, 2.05) is 25.1 Å². The predicted octanol–water partition coefficient (Wildman–Crippen LogP) is 0.759. The minimum absolute atomic E-state index is 0.0133. The Labute approximate surface area is 143 Å². The summed E-state index contributed by atoms with van der Waals surface area (Å²) in [5.41, 5.74) is 2.08. The highest BCUT2D eigenvalue weighted by Crippen LogP contribution is 2.32. The molecular weight excluding hydrogens is 304 g/mol. The standard InChI is InChI=1S/C18H26N4O2/c1-13-5-4-6-15(19-13)10-21-9-14-7-8-22(12-17(23)20(2)3)18(24)16(14)11-21/h4-6,14,16H,7-12H2,1-3H3/t14-,16-/m1/s1. The summed E-state index contributed by atoms with van der Waals surface area (Å²) < 4.78 is 0. The van der Waals surface area contributed by atoms with Crippen LogP contribution < -0.4 is 0 Å². The molecule has 6 nitrogen and oxygen atoms in total. The van der Waals surface area contributed by atoms with Crippen LogP contribution >= 0.6 is 0 Å². The van der Waals surface area contributed by atoms with Crippen LogP contribution in [0.5, 0.6) is 0 Å². The fourth-order valence-corrected chi connectivity index (χ4v) is 3.71. The van der Waals surface area contributed by atoms with E-state index in [4.69, 9.17) is 0 Å². The lowest BCUT2D eigenvalue weighted by Gasteiger charge is -2.34. The first kappa shape index (κ1) is 16.9. The molecule has 0 saturated carbocycles. The molecule has 3 rings (SSSR count). The van der Waals surface area contributed by atoms with Crippen LogP contribution in [0.3, 0.4) is 0 Å². The van der Waals surface area contributed by atoms with E-state index in [9.17, 15) is 9.59 Å². The molecule has 0 N–H and O–H groups in total. The van der Waals surface area contributed by atoms with Gasteiger partial charge in [-0.15, -0.1) is 0 Å². The van der Waals surface area contributed by atoms with Crippen LogP contribution in [0.25, 0.3) is 0 Å². The number of aryl methyl sites for hydroxylation is 1. The van der Waals surface area contributed by atoms with Crippen LogP contribution in [-0.4, -0.2) is 71.8 Å². The maximum absolute atomic E-state index is 12.7. The van der Waals surface area contributed by atoms with Crippen molar-refractivity contribution in [3.05, 3.63) is 29.6 Å². The number of likely N-dealkylation sites (N-methyl/N-ethyl adjacent to an activating group) is 1. The van der Waals surface area contributed by atoms with E-state index in [0.29, 0.717) is 12.5 Å². The second-order valence-electron chi connectivity index (χ2n) is 7.17. The van der Waals surface area contributed by atoms with Gasteiger partial charge in [-0.05, 0) is 31.4 Å². The highest BCUT2D eigenvalue weighted by Gasteiger charge is 2.43. The van der Waals surface area contributed by atoms with Crippen molar-refractivity contribution in [2.24, 2.45) is 11.8 Å². The second kappa shape index (κ2) is 6.89. The lowest BCUT2D eigenvalue weighted by atomic mass is 9.88. The first-order valence-electron chi connectivity index (χ1n) is 8.58. The van der Waals surface area contributed by atoms with Gasteiger partial charge in [0.1, 0.15) is 0 Å². The molecule has 1 aromatic rings. The number of hydrogen-bond acceptors (Lipinski definition) is 4. The van der Waals surface area contributed by atoms with Crippen molar-refractivity contribution in [3.63, 3.8) is 0 Å². The summed E-state index contributed by atoms with van der Waals surface area (Å²) >= 11 is 0. The average Bonchev–Trinajstić information content (AvgIpc) is 2.93. The monoisotopic (exact) mass is 330 g/mol. The summed E-state index contributed by atoms with van der Waals surface area (Å²) in [7, 11) is 3.46. The number of pyridine rings is 1. The van der Waals surface area contributed by atoms with E-state index in [0.717, 1.165) is 37.4 Å². The molecule has 0 bridgehead atoms. The van der Waals surface area contributed by atoms with Crippen LogP contribution in [0.2, 0.25) is 0 Å².